The van der Waals surface area contributed by atoms with Gasteiger partial charge < -0.3 is 20.5 Å². The van der Waals surface area contributed by atoms with E-state index in [1.165, 1.54) is 0 Å². The van der Waals surface area contributed by atoms with Gasteiger partial charge in [-0.3, -0.25) is 0 Å². The average Bonchev–Trinajstić information content (AvgIpc) is 3.06. The smallest absolute Gasteiger partial charge is 0.315 e. The fourth-order valence-electron chi connectivity index (χ4n) is 3.76. The topological polar surface area (TPSA) is 70.6 Å². The molecule has 1 aliphatic heterocycles. The van der Waals surface area contributed by atoms with Gasteiger partial charge in [-0.2, -0.15) is 0 Å². The van der Waals surface area contributed by atoms with E-state index in [2.05, 4.69) is 22.8 Å². The summed E-state index contributed by atoms with van der Waals surface area (Å²) >= 11 is 0. The number of aliphatic hydroxyl groups excluding tert-OH is 1. The molecule has 1 saturated carbocycles. The molecule has 5 nitrogen and oxygen atoms in total. The van der Waals surface area contributed by atoms with Crippen LogP contribution in [0.5, 0.6) is 0 Å². The number of benzene rings is 1. The molecule has 132 valence electrons. The van der Waals surface area contributed by atoms with Crippen LogP contribution in [-0.4, -0.2) is 36.5 Å². The molecule has 0 aromatic heterocycles. The fraction of sp³-hybridized carbons (Fsp3) is 0.632. The fourth-order valence-corrected chi connectivity index (χ4v) is 3.76. The van der Waals surface area contributed by atoms with Crippen molar-refractivity contribution >= 4 is 6.03 Å². The van der Waals surface area contributed by atoms with Crippen LogP contribution >= 0.6 is 0 Å². The van der Waals surface area contributed by atoms with Crippen LogP contribution in [0, 0.1) is 5.92 Å². The van der Waals surface area contributed by atoms with Crippen molar-refractivity contribution in [2.45, 2.75) is 50.1 Å². The van der Waals surface area contributed by atoms with Crippen molar-refractivity contribution in [2.24, 2.45) is 5.92 Å². The van der Waals surface area contributed by atoms with Crippen LogP contribution in [0.4, 0.5) is 4.79 Å². The summed E-state index contributed by atoms with van der Waals surface area (Å²) in [5.41, 5.74) is 0.917. The molecule has 5 heteroatoms. The molecular formula is C19H28N2O3. The lowest BCUT2D eigenvalue weighted by Gasteiger charge is -2.42. The predicted octanol–water partition coefficient (Wildman–Crippen LogP) is 2.76. The number of carbonyl (C=O) groups excluding carboxylic acids is 1. The highest BCUT2D eigenvalue weighted by Gasteiger charge is 2.38. The lowest BCUT2D eigenvalue weighted by atomic mass is 9.74. The van der Waals surface area contributed by atoms with Crippen molar-refractivity contribution in [3.63, 3.8) is 0 Å². The molecule has 2 unspecified atom stereocenters. The molecule has 1 heterocycles. The third-order valence-electron chi connectivity index (χ3n) is 5.38. The molecule has 0 spiro atoms. The van der Waals surface area contributed by atoms with Gasteiger partial charge >= 0.3 is 6.03 Å². The van der Waals surface area contributed by atoms with Crippen LogP contribution < -0.4 is 10.6 Å². The van der Waals surface area contributed by atoms with E-state index in [9.17, 15) is 9.90 Å². The third-order valence-corrected chi connectivity index (χ3v) is 5.38. The van der Waals surface area contributed by atoms with Crippen LogP contribution in [-0.2, 0) is 4.74 Å². The van der Waals surface area contributed by atoms with E-state index in [1.54, 1.807) is 0 Å². The Hall–Kier alpha value is -1.59. The number of carbonyl (C=O) groups is 1. The maximum Gasteiger partial charge on any atom is 0.315 e. The highest BCUT2D eigenvalue weighted by Crippen LogP contribution is 2.35. The van der Waals surface area contributed by atoms with Gasteiger partial charge in [0.05, 0.1) is 6.04 Å². The van der Waals surface area contributed by atoms with Crippen LogP contribution in [0.3, 0.4) is 0 Å². The Morgan fingerprint density at radius 2 is 2.12 bits per heavy atom. The first-order valence-electron chi connectivity index (χ1n) is 9.03. The summed E-state index contributed by atoms with van der Waals surface area (Å²) in [6.45, 7) is 1.71. The van der Waals surface area contributed by atoms with E-state index in [4.69, 9.17) is 4.74 Å². The van der Waals surface area contributed by atoms with Gasteiger partial charge in [0.2, 0.25) is 0 Å². The molecule has 2 atom stereocenters. The number of rotatable bonds is 7. The molecule has 1 aliphatic carbocycles. The minimum Gasteiger partial charge on any atom is -0.396 e. The standard InChI is InChI=1S/C19H28N2O3/c22-11-10-19(8-4-9-19)21-18(23)20-17(13-15-7-12-24-14-15)16-5-2-1-3-6-16/h1-3,5-6,15,17,22H,4,7-14H2,(H2,20,21,23). The van der Waals surface area contributed by atoms with E-state index in [0.717, 1.165) is 50.9 Å². The Labute approximate surface area is 143 Å². The van der Waals surface area contributed by atoms with Crippen molar-refractivity contribution < 1.29 is 14.6 Å². The van der Waals surface area contributed by atoms with Crippen molar-refractivity contribution in [3.05, 3.63) is 35.9 Å². The first kappa shape index (κ1) is 17.2. The Kier molecular flexibility index (Phi) is 5.74. The highest BCUT2D eigenvalue weighted by molar-refractivity contribution is 5.75. The van der Waals surface area contributed by atoms with Gasteiger partial charge in [-0.05, 0) is 50.0 Å². The summed E-state index contributed by atoms with van der Waals surface area (Å²) < 4.78 is 5.48. The summed E-state index contributed by atoms with van der Waals surface area (Å²) in [4.78, 5) is 12.5. The van der Waals surface area contributed by atoms with Crippen molar-refractivity contribution in [1.29, 1.82) is 0 Å². The van der Waals surface area contributed by atoms with E-state index in [-0.39, 0.29) is 24.2 Å². The summed E-state index contributed by atoms with van der Waals surface area (Å²) in [5, 5.41) is 15.5. The maximum atomic E-state index is 12.5. The first-order valence-corrected chi connectivity index (χ1v) is 9.03. The van der Waals surface area contributed by atoms with E-state index in [0.29, 0.717) is 12.3 Å². The normalized spacial score (nSPS) is 23.3. The Morgan fingerprint density at radius 3 is 2.71 bits per heavy atom. The number of ether oxygens (including phenoxy) is 1. The molecule has 1 saturated heterocycles. The zero-order chi connectivity index (χ0) is 16.8. The molecule has 2 aliphatic rings. The number of hydrogen-bond donors (Lipinski definition) is 3. The summed E-state index contributed by atoms with van der Waals surface area (Å²) in [7, 11) is 0. The van der Waals surface area contributed by atoms with Gasteiger partial charge in [-0.15, -0.1) is 0 Å². The minimum absolute atomic E-state index is 0.0100. The monoisotopic (exact) mass is 332 g/mol. The van der Waals surface area contributed by atoms with Crippen LogP contribution in [0.25, 0.3) is 0 Å². The minimum atomic E-state index is -0.212. The molecule has 24 heavy (non-hydrogen) atoms. The van der Waals surface area contributed by atoms with Crippen molar-refractivity contribution in [1.82, 2.24) is 10.6 Å². The summed E-state index contributed by atoms with van der Waals surface area (Å²) in [5.74, 6) is 0.491. The first-order chi connectivity index (χ1) is 11.7. The van der Waals surface area contributed by atoms with E-state index >= 15 is 0 Å². The van der Waals surface area contributed by atoms with Crippen molar-refractivity contribution in [2.75, 3.05) is 19.8 Å². The van der Waals surface area contributed by atoms with Crippen LogP contribution in [0.2, 0.25) is 0 Å². The Bertz CT molecular complexity index is 525. The quantitative estimate of drug-likeness (QED) is 0.719. The zero-order valence-electron chi connectivity index (χ0n) is 14.2. The highest BCUT2D eigenvalue weighted by atomic mass is 16.5. The molecule has 0 radical (unpaired) electrons. The van der Waals surface area contributed by atoms with Gasteiger partial charge in [-0.1, -0.05) is 30.3 Å². The van der Waals surface area contributed by atoms with E-state index in [1.807, 2.05) is 18.2 Å². The Balaban J connectivity index is 1.63. The second-order valence-electron chi connectivity index (χ2n) is 7.13. The number of urea groups is 1. The van der Waals surface area contributed by atoms with Gasteiger partial charge in [0.25, 0.3) is 0 Å². The average molecular weight is 332 g/mol. The number of amides is 2. The molecule has 0 bridgehead atoms. The number of hydrogen-bond acceptors (Lipinski definition) is 3. The molecule has 3 rings (SSSR count). The van der Waals surface area contributed by atoms with Crippen LogP contribution in [0.15, 0.2) is 30.3 Å². The molecular weight excluding hydrogens is 304 g/mol. The lowest BCUT2D eigenvalue weighted by Crippen LogP contribution is -2.57. The van der Waals surface area contributed by atoms with Crippen LogP contribution in [0.1, 0.15) is 50.1 Å². The van der Waals surface area contributed by atoms with Gasteiger partial charge in [0.15, 0.2) is 0 Å². The predicted molar refractivity (Wildman–Crippen MR) is 92.7 cm³/mol. The molecule has 2 amide bonds. The second kappa shape index (κ2) is 7.99. The van der Waals surface area contributed by atoms with Gasteiger partial charge in [-0.25, -0.2) is 4.79 Å². The summed E-state index contributed by atoms with van der Waals surface area (Å²) in [6.07, 6.45) is 5.60. The molecule has 2 fully saturated rings. The largest absolute Gasteiger partial charge is 0.396 e. The zero-order valence-corrected chi connectivity index (χ0v) is 14.2. The lowest BCUT2D eigenvalue weighted by molar-refractivity contribution is 0.134. The maximum absolute atomic E-state index is 12.5. The molecule has 1 aromatic carbocycles. The summed E-state index contributed by atoms with van der Waals surface area (Å²) in [6, 6.07) is 9.99. The van der Waals surface area contributed by atoms with Gasteiger partial charge in [0.1, 0.15) is 0 Å². The van der Waals surface area contributed by atoms with Crippen molar-refractivity contribution in [3.8, 4) is 0 Å². The molecule has 3 N–H and O–H groups in total. The molecule has 1 aromatic rings. The van der Waals surface area contributed by atoms with E-state index < -0.39 is 0 Å². The Morgan fingerprint density at radius 1 is 1.33 bits per heavy atom. The number of nitrogens with one attached hydrogen (secondary N) is 2. The SMILES string of the molecule is O=C(NC(CC1CCOC1)c1ccccc1)NC1(CCO)CCC1. The number of aliphatic hydroxyl groups is 1. The third kappa shape index (κ3) is 4.28. The second-order valence-corrected chi connectivity index (χ2v) is 7.13. The van der Waals surface area contributed by atoms with Gasteiger partial charge in [0, 0.05) is 25.4 Å².